The van der Waals surface area contributed by atoms with Crippen molar-refractivity contribution in [3.63, 3.8) is 0 Å². The maximum absolute atomic E-state index is 13.8. The molecule has 2 aromatic carbocycles. The third kappa shape index (κ3) is 5.84. The number of hydrogen-bond donors (Lipinski definition) is 2. The number of fused-ring (bicyclic) bond motifs is 1. The van der Waals surface area contributed by atoms with Crippen LogP contribution < -0.4 is 20.8 Å². The summed E-state index contributed by atoms with van der Waals surface area (Å²) in [5, 5.41) is 6.88. The van der Waals surface area contributed by atoms with Gasteiger partial charge in [-0.3, -0.25) is 9.36 Å². The van der Waals surface area contributed by atoms with Crippen LogP contribution in [0, 0.1) is 0 Å². The number of nitrogens with two attached hydrogens (primary N) is 1. The number of halogens is 3. The summed E-state index contributed by atoms with van der Waals surface area (Å²) >= 11 is 0. The molecule has 0 aliphatic carbocycles. The van der Waals surface area contributed by atoms with Gasteiger partial charge in [-0.25, -0.2) is 24.8 Å². The molecule has 1 aliphatic heterocycles. The van der Waals surface area contributed by atoms with Gasteiger partial charge < -0.3 is 15.8 Å². The number of anilines is 1. The summed E-state index contributed by atoms with van der Waals surface area (Å²) in [4.78, 5) is 33.0. The number of piperazine rings is 1. The highest BCUT2D eigenvalue weighted by Gasteiger charge is 2.33. The summed E-state index contributed by atoms with van der Waals surface area (Å²) in [6, 6.07) is 12.4. The number of carbonyl (C=O) groups excluding carboxylic acids is 2. The van der Waals surface area contributed by atoms with Gasteiger partial charge in [0.2, 0.25) is 11.8 Å². The van der Waals surface area contributed by atoms with Crippen LogP contribution in [-0.2, 0) is 17.4 Å². The summed E-state index contributed by atoms with van der Waals surface area (Å²) in [5.74, 6) is 0.103. The molecule has 5 rings (SSSR count). The minimum atomic E-state index is -4.55. The Labute approximate surface area is 220 Å². The number of carbonyl (C=O) groups is 2. The first-order valence-corrected chi connectivity index (χ1v) is 12.0. The summed E-state index contributed by atoms with van der Waals surface area (Å²) in [7, 11) is 0. The van der Waals surface area contributed by atoms with Gasteiger partial charge in [-0.05, 0) is 42.5 Å². The predicted octanol–water partition coefficient (Wildman–Crippen LogP) is 3.57. The largest absolute Gasteiger partial charge is 0.439 e. The Morgan fingerprint density at radius 1 is 1.05 bits per heavy atom. The smallest absolute Gasteiger partial charge is 0.416 e. The number of nitrogens with one attached hydrogen (secondary N) is 1. The fourth-order valence-corrected chi connectivity index (χ4v) is 4.34. The number of hydrogen-bond acceptors (Lipinski definition) is 7. The van der Waals surface area contributed by atoms with Crippen LogP contribution in [0.1, 0.15) is 11.3 Å². The van der Waals surface area contributed by atoms with E-state index in [9.17, 15) is 22.8 Å². The van der Waals surface area contributed by atoms with Gasteiger partial charge >= 0.3 is 12.2 Å². The van der Waals surface area contributed by atoms with Gasteiger partial charge in [0.05, 0.1) is 28.9 Å². The van der Waals surface area contributed by atoms with Gasteiger partial charge in [-0.15, -0.1) is 0 Å². The number of alkyl halides is 3. The molecule has 1 fully saturated rings. The van der Waals surface area contributed by atoms with E-state index in [0.29, 0.717) is 48.5 Å². The van der Waals surface area contributed by atoms with Gasteiger partial charge in [0.1, 0.15) is 12.1 Å². The second-order valence-corrected chi connectivity index (χ2v) is 8.85. The third-order valence-corrected chi connectivity index (χ3v) is 6.12. The van der Waals surface area contributed by atoms with E-state index in [4.69, 9.17) is 10.5 Å². The van der Waals surface area contributed by atoms with Crippen LogP contribution in [0.4, 0.5) is 23.7 Å². The lowest BCUT2D eigenvalue weighted by Crippen LogP contribution is -2.55. The molecule has 2 aromatic heterocycles. The second-order valence-electron chi connectivity index (χ2n) is 8.85. The average molecular weight is 540 g/mol. The Kier molecular flexibility index (Phi) is 7.17. The number of aromatic nitrogens is 3. The van der Waals surface area contributed by atoms with Crippen molar-refractivity contribution in [2.45, 2.75) is 12.6 Å². The molecule has 39 heavy (non-hydrogen) atoms. The summed E-state index contributed by atoms with van der Waals surface area (Å²) in [5.41, 5.74) is 5.45. The van der Waals surface area contributed by atoms with Gasteiger partial charge in [0.15, 0.2) is 0 Å². The molecule has 1 aliphatic rings. The van der Waals surface area contributed by atoms with E-state index in [1.54, 1.807) is 35.5 Å². The average Bonchev–Trinajstić information content (AvgIpc) is 3.32. The molecule has 2 amide bonds. The fourth-order valence-electron chi connectivity index (χ4n) is 4.34. The Morgan fingerprint density at radius 2 is 1.85 bits per heavy atom. The van der Waals surface area contributed by atoms with Crippen molar-refractivity contribution in [2.75, 3.05) is 31.2 Å². The molecule has 0 saturated carbocycles. The monoisotopic (exact) mass is 539 g/mol. The zero-order valence-electron chi connectivity index (χ0n) is 20.6. The van der Waals surface area contributed by atoms with E-state index in [1.807, 2.05) is 0 Å². The first-order valence-electron chi connectivity index (χ1n) is 12.0. The predicted molar refractivity (Wildman–Crippen MR) is 136 cm³/mol. The summed E-state index contributed by atoms with van der Waals surface area (Å²) < 4.78 is 47.6. The van der Waals surface area contributed by atoms with E-state index in [0.717, 1.165) is 12.1 Å². The van der Waals surface area contributed by atoms with E-state index < -0.39 is 23.7 Å². The lowest BCUT2D eigenvalue weighted by atomic mass is 10.2. The van der Waals surface area contributed by atoms with E-state index in [1.165, 1.54) is 34.1 Å². The van der Waals surface area contributed by atoms with Crippen LogP contribution >= 0.6 is 0 Å². The highest BCUT2D eigenvalue weighted by atomic mass is 19.4. The van der Waals surface area contributed by atoms with Gasteiger partial charge in [-0.2, -0.15) is 13.2 Å². The maximum Gasteiger partial charge on any atom is 0.416 e. The van der Waals surface area contributed by atoms with Crippen molar-refractivity contribution in [3.8, 4) is 11.6 Å². The molecule has 1 saturated heterocycles. The van der Waals surface area contributed by atoms with E-state index in [2.05, 4.69) is 15.3 Å². The molecule has 202 valence electrons. The molecule has 10 nitrogen and oxygen atoms in total. The van der Waals surface area contributed by atoms with Crippen LogP contribution in [0.3, 0.4) is 0 Å². The Morgan fingerprint density at radius 3 is 2.59 bits per heavy atom. The molecule has 0 unspecified atom stereocenters. The van der Waals surface area contributed by atoms with Crippen molar-refractivity contribution in [2.24, 2.45) is 5.73 Å². The Balaban J connectivity index is 1.45. The number of benzene rings is 2. The molecule has 4 aromatic rings. The first kappa shape index (κ1) is 26.1. The number of amides is 2. The Hall–Kier alpha value is -4.49. The molecular formula is C26H24F3N7O3. The molecule has 3 heterocycles. The molecule has 0 bridgehead atoms. The minimum absolute atomic E-state index is 0.0572. The molecular weight excluding hydrogens is 515 g/mol. The number of ether oxygens (including phenoxy) is 1. The fraction of sp³-hybridized carbons (Fsp3) is 0.231. The van der Waals surface area contributed by atoms with Crippen molar-refractivity contribution >= 4 is 28.5 Å². The Bertz CT molecular complexity index is 1520. The van der Waals surface area contributed by atoms with Gasteiger partial charge in [0, 0.05) is 43.8 Å². The van der Waals surface area contributed by atoms with Crippen molar-refractivity contribution in [1.29, 1.82) is 0 Å². The van der Waals surface area contributed by atoms with Crippen molar-refractivity contribution in [3.05, 3.63) is 78.4 Å². The molecule has 3 N–H and O–H groups in total. The highest BCUT2D eigenvalue weighted by Crippen LogP contribution is 2.33. The standard InChI is InChI=1S/C26H24F3N7O3/c27-26(28,29)18-2-1-3-20(13-18)36(34-10-7-31-8-11-34)25(38)35-9-6-17-12-21(4-5-22(17)35)39-24-15-19(14-23(30)37)32-16-33-24/h1-6,9,12-13,15-16,31H,7-8,10-11,14H2,(H2,30,37). The SMILES string of the molecule is NC(=O)Cc1cc(Oc2ccc3c(ccn3C(=O)N(c3cccc(C(F)(F)F)c3)N3CCNCC3)c2)ncn1. The van der Waals surface area contributed by atoms with Crippen molar-refractivity contribution < 1.29 is 27.5 Å². The topological polar surface area (TPSA) is 119 Å². The number of hydrazine groups is 1. The first-order chi connectivity index (χ1) is 18.7. The number of primary amides is 1. The molecule has 0 atom stereocenters. The second kappa shape index (κ2) is 10.7. The summed E-state index contributed by atoms with van der Waals surface area (Å²) in [6.07, 6.45) is -1.78. The van der Waals surface area contributed by atoms with Crippen LogP contribution in [-0.4, -0.2) is 57.7 Å². The van der Waals surface area contributed by atoms with Gasteiger partial charge in [0.25, 0.3) is 0 Å². The van der Waals surface area contributed by atoms with E-state index >= 15 is 0 Å². The van der Waals surface area contributed by atoms with Crippen LogP contribution in [0.5, 0.6) is 11.6 Å². The summed E-state index contributed by atoms with van der Waals surface area (Å²) in [6.45, 7) is 2.05. The van der Waals surface area contributed by atoms with Gasteiger partial charge in [-0.1, -0.05) is 6.07 Å². The molecule has 0 radical (unpaired) electrons. The zero-order chi connectivity index (χ0) is 27.6. The lowest BCUT2D eigenvalue weighted by molar-refractivity contribution is -0.137. The van der Waals surface area contributed by atoms with Crippen molar-refractivity contribution in [1.82, 2.24) is 24.9 Å². The third-order valence-electron chi connectivity index (χ3n) is 6.12. The maximum atomic E-state index is 13.8. The minimum Gasteiger partial charge on any atom is -0.439 e. The van der Waals surface area contributed by atoms with E-state index in [-0.39, 0.29) is 18.0 Å². The lowest BCUT2D eigenvalue weighted by Gasteiger charge is -2.37. The van der Waals surface area contributed by atoms with Crippen LogP contribution in [0.2, 0.25) is 0 Å². The normalized spacial score (nSPS) is 14.3. The quantitative estimate of drug-likeness (QED) is 0.385. The zero-order valence-corrected chi connectivity index (χ0v) is 20.6. The molecule has 0 spiro atoms. The highest BCUT2D eigenvalue weighted by molar-refractivity contribution is 6.00. The molecule has 13 heteroatoms. The number of nitrogens with zero attached hydrogens (tertiary/aromatic N) is 5. The van der Waals surface area contributed by atoms with Crippen LogP contribution in [0.25, 0.3) is 10.9 Å². The van der Waals surface area contributed by atoms with Crippen LogP contribution in [0.15, 0.2) is 67.1 Å². The number of rotatable bonds is 6.